The van der Waals surface area contributed by atoms with E-state index in [9.17, 15) is 9.59 Å². The Kier molecular flexibility index (Phi) is 5.63. The predicted octanol–water partition coefficient (Wildman–Crippen LogP) is 2.10. The van der Waals surface area contributed by atoms with Crippen molar-refractivity contribution in [2.24, 2.45) is 0 Å². The summed E-state index contributed by atoms with van der Waals surface area (Å²) in [7, 11) is 1.61. The van der Waals surface area contributed by atoms with Crippen LogP contribution in [0.1, 0.15) is 23.1 Å². The Balaban J connectivity index is 1.70. The summed E-state index contributed by atoms with van der Waals surface area (Å²) >= 11 is 0. The number of amides is 2. The highest BCUT2D eigenvalue weighted by atomic mass is 16.6. The second-order valence-electron chi connectivity index (χ2n) is 6.26. The van der Waals surface area contributed by atoms with Crippen LogP contribution in [0.5, 0.6) is 5.75 Å². The molecule has 8 heteroatoms. The van der Waals surface area contributed by atoms with E-state index in [1.54, 1.807) is 34.6 Å². The summed E-state index contributed by atoms with van der Waals surface area (Å²) in [5.41, 5.74) is 2.08. The maximum absolute atomic E-state index is 12.8. The van der Waals surface area contributed by atoms with Gasteiger partial charge in [0, 0.05) is 37.9 Å². The summed E-state index contributed by atoms with van der Waals surface area (Å²) in [6, 6.07) is 9.30. The van der Waals surface area contributed by atoms with Crippen LogP contribution in [0.3, 0.4) is 0 Å². The topological polar surface area (TPSA) is 76.9 Å². The molecule has 0 radical (unpaired) electrons. The van der Waals surface area contributed by atoms with Crippen LogP contribution >= 0.6 is 0 Å². The molecule has 2 amide bonds. The Morgan fingerprint density at radius 1 is 1.11 bits per heavy atom. The number of ether oxygens (including phenoxy) is 2. The fourth-order valence-corrected chi connectivity index (χ4v) is 3.05. The Labute approximate surface area is 158 Å². The van der Waals surface area contributed by atoms with Gasteiger partial charge in [-0.05, 0) is 32.0 Å². The number of nitrogens with zero attached hydrogens (tertiary/aromatic N) is 4. The lowest BCUT2D eigenvalue weighted by Crippen LogP contribution is -2.50. The fraction of sp³-hybridized carbons (Fsp3) is 0.421. The Morgan fingerprint density at radius 3 is 2.48 bits per heavy atom. The standard InChI is InChI=1S/C19H24N4O4/c1-4-27-19(25)22-10-8-21(9-11-22)18(24)17-12-14(2)23(20-17)15-6-5-7-16(13-15)26-3/h5-7,12-13H,4,8-11H2,1-3H3. The zero-order valence-corrected chi connectivity index (χ0v) is 15.8. The monoisotopic (exact) mass is 372 g/mol. The molecule has 0 unspecified atom stereocenters. The van der Waals surface area contributed by atoms with E-state index in [-0.39, 0.29) is 12.0 Å². The number of hydrogen-bond donors (Lipinski definition) is 0. The highest BCUT2D eigenvalue weighted by Crippen LogP contribution is 2.19. The Hall–Kier alpha value is -3.03. The number of hydrogen-bond acceptors (Lipinski definition) is 5. The maximum Gasteiger partial charge on any atom is 0.409 e. The smallest absolute Gasteiger partial charge is 0.409 e. The quantitative estimate of drug-likeness (QED) is 0.821. The van der Waals surface area contributed by atoms with E-state index in [1.165, 1.54) is 0 Å². The largest absolute Gasteiger partial charge is 0.497 e. The van der Waals surface area contributed by atoms with Gasteiger partial charge in [-0.3, -0.25) is 4.79 Å². The number of methoxy groups -OCH3 is 1. The van der Waals surface area contributed by atoms with Crippen molar-refractivity contribution in [2.45, 2.75) is 13.8 Å². The lowest BCUT2D eigenvalue weighted by atomic mass is 10.2. The minimum Gasteiger partial charge on any atom is -0.497 e. The first-order chi connectivity index (χ1) is 13.0. The van der Waals surface area contributed by atoms with Crippen molar-refractivity contribution in [3.8, 4) is 11.4 Å². The lowest BCUT2D eigenvalue weighted by Gasteiger charge is -2.33. The Morgan fingerprint density at radius 2 is 1.81 bits per heavy atom. The van der Waals surface area contributed by atoms with E-state index in [0.717, 1.165) is 17.1 Å². The summed E-state index contributed by atoms with van der Waals surface area (Å²) in [4.78, 5) is 27.9. The summed E-state index contributed by atoms with van der Waals surface area (Å²) in [5, 5.41) is 4.48. The molecular weight excluding hydrogens is 348 g/mol. The molecule has 0 atom stereocenters. The van der Waals surface area contributed by atoms with Crippen molar-refractivity contribution in [1.82, 2.24) is 19.6 Å². The molecule has 2 heterocycles. The molecule has 3 rings (SSSR count). The van der Waals surface area contributed by atoms with Gasteiger partial charge in [0.05, 0.1) is 19.4 Å². The molecule has 2 aromatic rings. The van der Waals surface area contributed by atoms with Crippen molar-refractivity contribution in [3.63, 3.8) is 0 Å². The van der Waals surface area contributed by atoms with Crippen molar-refractivity contribution in [1.29, 1.82) is 0 Å². The van der Waals surface area contributed by atoms with Crippen LogP contribution in [0, 0.1) is 6.92 Å². The molecule has 1 aliphatic rings. The third-order valence-electron chi connectivity index (χ3n) is 4.50. The van der Waals surface area contributed by atoms with Crippen LogP contribution in [0.15, 0.2) is 30.3 Å². The predicted molar refractivity (Wildman–Crippen MR) is 99.4 cm³/mol. The van der Waals surface area contributed by atoms with Crippen molar-refractivity contribution >= 4 is 12.0 Å². The minimum absolute atomic E-state index is 0.136. The van der Waals surface area contributed by atoms with Gasteiger partial charge in [0.1, 0.15) is 5.75 Å². The van der Waals surface area contributed by atoms with Crippen LogP contribution in [-0.2, 0) is 4.74 Å². The van der Waals surface area contributed by atoms with Crippen LogP contribution in [0.2, 0.25) is 0 Å². The molecule has 0 spiro atoms. The SMILES string of the molecule is CCOC(=O)N1CCN(C(=O)c2cc(C)n(-c3cccc(OC)c3)n2)CC1. The first-order valence-corrected chi connectivity index (χ1v) is 8.95. The van der Waals surface area contributed by atoms with E-state index in [2.05, 4.69) is 5.10 Å². The second-order valence-corrected chi connectivity index (χ2v) is 6.26. The zero-order chi connectivity index (χ0) is 19.4. The van der Waals surface area contributed by atoms with E-state index < -0.39 is 0 Å². The highest BCUT2D eigenvalue weighted by molar-refractivity contribution is 5.92. The summed E-state index contributed by atoms with van der Waals surface area (Å²) in [5.74, 6) is 0.591. The normalized spacial score (nSPS) is 14.2. The molecule has 1 fully saturated rings. The first kappa shape index (κ1) is 18.8. The molecule has 0 saturated carbocycles. The molecular formula is C19H24N4O4. The first-order valence-electron chi connectivity index (χ1n) is 8.95. The molecule has 0 aliphatic carbocycles. The lowest BCUT2D eigenvalue weighted by molar-refractivity contribution is 0.0565. The average molecular weight is 372 g/mol. The average Bonchev–Trinajstić information content (AvgIpc) is 3.09. The van der Waals surface area contributed by atoms with E-state index in [4.69, 9.17) is 9.47 Å². The molecule has 0 bridgehead atoms. The van der Waals surface area contributed by atoms with Gasteiger partial charge in [-0.2, -0.15) is 5.10 Å². The molecule has 1 aliphatic heterocycles. The van der Waals surface area contributed by atoms with Gasteiger partial charge >= 0.3 is 6.09 Å². The Bertz CT molecular complexity index is 825. The minimum atomic E-state index is -0.331. The number of aryl methyl sites for hydroxylation is 1. The third kappa shape index (κ3) is 4.05. The molecule has 1 aromatic carbocycles. The number of aromatic nitrogens is 2. The van der Waals surface area contributed by atoms with Crippen LogP contribution in [0.25, 0.3) is 5.69 Å². The molecule has 0 N–H and O–H groups in total. The van der Waals surface area contributed by atoms with Crippen LogP contribution in [0.4, 0.5) is 4.79 Å². The van der Waals surface area contributed by atoms with Crippen molar-refractivity contribution < 1.29 is 19.1 Å². The van der Waals surface area contributed by atoms with Gasteiger partial charge in [-0.15, -0.1) is 0 Å². The summed E-state index contributed by atoms with van der Waals surface area (Å²) in [6.45, 7) is 5.87. The van der Waals surface area contributed by atoms with E-state index in [0.29, 0.717) is 38.5 Å². The fourth-order valence-electron chi connectivity index (χ4n) is 3.05. The number of benzene rings is 1. The molecule has 1 aromatic heterocycles. The van der Waals surface area contributed by atoms with Crippen molar-refractivity contribution in [3.05, 3.63) is 41.7 Å². The van der Waals surface area contributed by atoms with E-state index >= 15 is 0 Å². The molecule has 1 saturated heterocycles. The number of piperazine rings is 1. The van der Waals surface area contributed by atoms with Crippen LogP contribution in [-0.4, -0.2) is 71.5 Å². The van der Waals surface area contributed by atoms with Gasteiger partial charge in [0.25, 0.3) is 5.91 Å². The van der Waals surface area contributed by atoms with Crippen molar-refractivity contribution in [2.75, 3.05) is 39.9 Å². The second kappa shape index (κ2) is 8.11. The van der Waals surface area contributed by atoms with Crippen LogP contribution < -0.4 is 4.74 Å². The maximum atomic E-state index is 12.8. The number of rotatable bonds is 4. The number of carbonyl (C=O) groups is 2. The van der Waals surface area contributed by atoms with E-state index in [1.807, 2.05) is 31.2 Å². The highest BCUT2D eigenvalue weighted by Gasteiger charge is 2.27. The molecule has 8 nitrogen and oxygen atoms in total. The summed E-state index contributed by atoms with van der Waals surface area (Å²) < 4.78 is 12.0. The zero-order valence-electron chi connectivity index (χ0n) is 15.8. The third-order valence-corrected chi connectivity index (χ3v) is 4.50. The van der Waals surface area contributed by atoms with Gasteiger partial charge < -0.3 is 19.3 Å². The molecule has 27 heavy (non-hydrogen) atoms. The molecule has 144 valence electrons. The van der Waals surface area contributed by atoms with Gasteiger partial charge in [-0.25, -0.2) is 9.48 Å². The van der Waals surface area contributed by atoms with Gasteiger partial charge in [0.2, 0.25) is 0 Å². The number of carbonyl (C=O) groups excluding carboxylic acids is 2. The van der Waals surface area contributed by atoms with Gasteiger partial charge in [-0.1, -0.05) is 6.07 Å². The van der Waals surface area contributed by atoms with Gasteiger partial charge in [0.15, 0.2) is 5.69 Å². The summed E-state index contributed by atoms with van der Waals surface area (Å²) in [6.07, 6.45) is -0.331.